The van der Waals surface area contributed by atoms with E-state index < -0.39 is 0 Å². The standard InChI is InChI=1S/C8H14O2/c1-4-6(2)7-8(3,5-9)10-7/h4,6-7,9H,1,5H2,2-3H3/t6-,7+,8+/m1/s1. The zero-order valence-electron chi connectivity index (χ0n) is 6.50. The first-order valence-electron chi connectivity index (χ1n) is 3.55. The highest BCUT2D eigenvalue weighted by molar-refractivity contribution is 5.05. The van der Waals surface area contributed by atoms with Crippen molar-refractivity contribution < 1.29 is 9.84 Å². The molecule has 1 aliphatic rings. The second kappa shape index (κ2) is 2.36. The maximum atomic E-state index is 8.82. The van der Waals surface area contributed by atoms with Gasteiger partial charge in [0, 0.05) is 5.92 Å². The lowest BCUT2D eigenvalue weighted by Gasteiger charge is -2.02. The highest BCUT2D eigenvalue weighted by Gasteiger charge is 2.53. The first-order chi connectivity index (χ1) is 4.64. The average molecular weight is 142 g/mol. The number of ether oxygens (including phenoxy) is 1. The molecule has 0 aromatic carbocycles. The van der Waals surface area contributed by atoms with E-state index >= 15 is 0 Å². The van der Waals surface area contributed by atoms with Gasteiger partial charge in [-0.25, -0.2) is 0 Å². The number of epoxide rings is 1. The van der Waals surface area contributed by atoms with Crippen LogP contribution in [-0.4, -0.2) is 23.4 Å². The summed E-state index contributed by atoms with van der Waals surface area (Å²) in [7, 11) is 0. The quantitative estimate of drug-likeness (QED) is 0.470. The lowest BCUT2D eigenvalue weighted by molar-refractivity contribution is 0.184. The molecule has 0 aromatic rings. The summed E-state index contributed by atoms with van der Waals surface area (Å²) in [4.78, 5) is 0. The molecule has 0 bridgehead atoms. The molecule has 1 N–H and O–H groups in total. The van der Waals surface area contributed by atoms with Crippen LogP contribution in [0.2, 0.25) is 0 Å². The van der Waals surface area contributed by atoms with Gasteiger partial charge in [-0.15, -0.1) is 6.58 Å². The number of hydrogen-bond acceptors (Lipinski definition) is 2. The number of aliphatic hydroxyl groups excluding tert-OH is 1. The molecule has 3 atom stereocenters. The van der Waals surface area contributed by atoms with Crippen molar-refractivity contribution in [2.45, 2.75) is 25.6 Å². The summed E-state index contributed by atoms with van der Waals surface area (Å²) in [5, 5.41) is 8.82. The van der Waals surface area contributed by atoms with Gasteiger partial charge in [-0.3, -0.25) is 0 Å². The van der Waals surface area contributed by atoms with Gasteiger partial charge in [-0.2, -0.15) is 0 Å². The monoisotopic (exact) mass is 142 g/mol. The Bertz CT molecular complexity index is 144. The van der Waals surface area contributed by atoms with E-state index in [0.717, 1.165) is 0 Å². The summed E-state index contributed by atoms with van der Waals surface area (Å²) in [5.41, 5.74) is -0.284. The largest absolute Gasteiger partial charge is 0.393 e. The minimum atomic E-state index is -0.284. The minimum Gasteiger partial charge on any atom is -0.393 e. The third-order valence-corrected chi connectivity index (χ3v) is 2.10. The molecule has 0 saturated carbocycles. The molecule has 1 heterocycles. The van der Waals surface area contributed by atoms with Gasteiger partial charge in [0.1, 0.15) is 5.60 Å². The zero-order valence-corrected chi connectivity index (χ0v) is 6.50. The van der Waals surface area contributed by atoms with E-state index in [9.17, 15) is 0 Å². The van der Waals surface area contributed by atoms with Gasteiger partial charge < -0.3 is 9.84 Å². The molecule has 1 aliphatic heterocycles. The van der Waals surface area contributed by atoms with Crippen LogP contribution in [0, 0.1) is 5.92 Å². The summed E-state index contributed by atoms with van der Waals surface area (Å²) in [6.45, 7) is 7.72. The predicted molar refractivity (Wildman–Crippen MR) is 39.7 cm³/mol. The highest BCUT2D eigenvalue weighted by atomic mass is 16.6. The zero-order chi connectivity index (χ0) is 7.78. The van der Waals surface area contributed by atoms with E-state index in [4.69, 9.17) is 9.84 Å². The Hall–Kier alpha value is -0.340. The number of rotatable bonds is 3. The van der Waals surface area contributed by atoms with E-state index in [0.29, 0.717) is 5.92 Å². The molecule has 0 amide bonds. The summed E-state index contributed by atoms with van der Waals surface area (Å²) in [5.74, 6) is 0.345. The van der Waals surface area contributed by atoms with Gasteiger partial charge in [-0.1, -0.05) is 13.0 Å². The Labute approximate surface area is 61.5 Å². The van der Waals surface area contributed by atoms with Crippen LogP contribution >= 0.6 is 0 Å². The molecule has 0 spiro atoms. The summed E-state index contributed by atoms with van der Waals surface area (Å²) >= 11 is 0. The highest BCUT2D eigenvalue weighted by Crippen LogP contribution is 2.40. The van der Waals surface area contributed by atoms with Crippen LogP contribution in [0.4, 0.5) is 0 Å². The van der Waals surface area contributed by atoms with E-state index in [1.807, 2.05) is 19.9 Å². The van der Waals surface area contributed by atoms with Gasteiger partial charge in [0.2, 0.25) is 0 Å². The third-order valence-electron chi connectivity index (χ3n) is 2.10. The maximum Gasteiger partial charge on any atom is 0.115 e. The summed E-state index contributed by atoms with van der Waals surface area (Å²) in [6.07, 6.45) is 2.03. The predicted octanol–water partition coefficient (Wildman–Crippen LogP) is 0.958. The van der Waals surface area contributed by atoms with Gasteiger partial charge in [0.15, 0.2) is 0 Å². The fourth-order valence-electron chi connectivity index (χ4n) is 1.17. The fraction of sp³-hybridized carbons (Fsp3) is 0.750. The Kier molecular flexibility index (Phi) is 1.84. The van der Waals surface area contributed by atoms with Crippen molar-refractivity contribution in [2.24, 2.45) is 5.92 Å². The molecule has 0 aromatic heterocycles. The normalized spacial score (nSPS) is 40.9. The van der Waals surface area contributed by atoms with E-state index in [-0.39, 0.29) is 18.3 Å². The van der Waals surface area contributed by atoms with E-state index in [2.05, 4.69) is 6.58 Å². The van der Waals surface area contributed by atoms with Crippen LogP contribution in [0.3, 0.4) is 0 Å². The molecule has 0 aliphatic carbocycles. The molecular weight excluding hydrogens is 128 g/mol. The molecule has 1 fully saturated rings. The molecule has 1 rings (SSSR count). The minimum absolute atomic E-state index is 0.107. The van der Waals surface area contributed by atoms with Gasteiger partial charge in [-0.05, 0) is 6.92 Å². The van der Waals surface area contributed by atoms with Crippen LogP contribution < -0.4 is 0 Å². The van der Waals surface area contributed by atoms with Gasteiger partial charge >= 0.3 is 0 Å². The molecule has 2 heteroatoms. The Morgan fingerprint density at radius 1 is 1.90 bits per heavy atom. The Morgan fingerprint density at radius 2 is 2.50 bits per heavy atom. The molecule has 10 heavy (non-hydrogen) atoms. The number of aliphatic hydroxyl groups is 1. The molecular formula is C8H14O2. The second-order valence-electron chi connectivity index (χ2n) is 3.10. The molecule has 1 saturated heterocycles. The van der Waals surface area contributed by atoms with E-state index in [1.54, 1.807) is 0 Å². The first-order valence-corrected chi connectivity index (χ1v) is 3.55. The maximum absolute atomic E-state index is 8.82. The Balaban J connectivity index is 2.43. The molecule has 0 radical (unpaired) electrons. The summed E-state index contributed by atoms with van der Waals surface area (Å²) < 4.78 is 5.29. The lowest BCUT2D eigenvalue weighted by atomic mass is 9.98. The van der Waals surface area contributed by atoms with Crippen molar-refractivity contribution in [1.82, 2.24) is 0 Å². The SMILES string of the molecule is C=C[C@@H](C)[C@@H]1O[C@@]1(C)CO. The molecule has 0 unspecified atom stereocenters. The molecule has 2 nitrogen and oxygen atoms in total. The third kappa shape index (κ3) is 1.09. The van der Waals surface area contributed by atoms with Crippen molar-refractivity contribution in [3.63, 3.8) is 0 Å². The van der Waals surface area contributed by atoms with Crippen LogP contribution in [-0.2, 0) is 4.74 Å². The van der Waals surface area contributed by atoms with Crippen LogP contribution in [0.25, 0.3) is 0 Å². The van der Waals surface area contributed by atoms with Gasteiger partial charge in [0.25, 0.3) is 0 Å². The fourth-order valence-corrected chi connectivity index (χ4v) is 1.17. The van der Waals surface area contributed by atoms with Crippen molar-refractivity contribution in [2.75, 3.05) is 6.61 Å². The first kappa shape index (κ1) is 7.76. The van der Waals surface area contributed by atoms with E-state index in [1.165, 1.54) is 0 Å². The van der Waals surface area contributed by atoms with Crippen LogP contribution in [0.1, 0.15) is 13.8 Å². The number of hydrogen-bond donors (Lipinski definition) is 1. The second-order valence-corrected chi connectivity index (χ2v) is 3.10. The van der Waals surface area contributed by atoms with Gasteiger partial charge in [0.05, 0.1) is 12.7 Å². The van der Waals surface area contributed by atoms with Crippen molar-refractivity contribution in [3.8, 4) is 0 Å². The van der Waals surface area contributed by atoms with Crippen molar-refractivity contribution >= 4 is 0 Å². The van der Waals surface area contributed by atoms with Crippen molar-refractivity contribution in [1.29, 1.82) is 0 Å². The smallest absolute Gasteiger partial charge is 0.115 e. The molecule has 58 valence electrons. The van der Waals surface area contributed by atoms with Crippen molar-refractivity contribution in [3.05, 3.63) is 12.7 Å². The summed E-state index contributed by atoms with van der Waals surface area (Å²) in [6, 6.07) is 0. The lowest BCUT2D eigenvalue weighted by Crippen LogP contribution is -2.18. The van der Waals surface area contributed by atoms with Crippen LogP contribution in [0.5, 0.6) is 0 Å². The Morgan fingerprint density at radius 3 is 2.80 bits per heavy atom. The van der Waals surface area contributed by atoms with Crippen LogP contribution in [0.15, 0.2) is 12.7 Å². The topological polar surface area (TPSA) is 32.8 Å². The average Bonchev–Trinajstić information content (AvgIpc) is 2.62.